The number of aromatic nitrogens is 1. The molecule has 0 spiro atoms. The summed E-state index contributed by atoms with van der Waals surface area (Å²) >= 11 is 5.91. The molecule has 3 N–H and O–H groups in total. The number of aryl methyl sites for hydroxylation is 1. The molecule has 1 heterocycles. The lowest BCUT2D eigenvalue weighted by atomic mass is 10.3. The van der Waals surface area contributed by atoms with Crippen LogP contribution in [0.15, 0.2) is 36.5 Å². The van der Waals surface area contributed by atoms with Crippen molar-refractivity contribution in [3.05, 3.63) is 47.2 Å². The van der Waals surface area contributed by atoms with Crippen LogP contribution in [0.2, 0.25) is 5.02 Å². The van der Waals surface area contributed by atoms with E-state index in [9.17, 15) is 9.59 Å². The number of rotatable bonds is 4. The van der Waals surface area contributed by atoms with Gasteiger partial charge in [-0.2, -0.15) is 0 Å². The van der Waals surface area contributed by atoms with Crippen LogP contribution in [0.5, 0.6) is 0 Å². The number of esters is 1. The number of benzene rings is 1. The fourth-order valence-electron chi connectivity index (χ4n) is 1.75. The van der Waals surface area contributed by atoms with Crippen LogP contribution in [-0.2, 0) is 16.6 Å². The van der Waals surface area contributed by atoms with Gasteiger partial charge in [0.05, 0.1) is 16.4 Å². The van der Waals surface area contributed by atoms with E-state index < -0.39 is 18.5 Å². The van der Waals surface area contributed by atoms with Crippen molar-refractivity contribution in [1.29, 1.82) is 0 Å². The number of amides is 1. The monoisotopic (exact) mass is 307 g/mol. The van der Waals surface area contributed by atoms with Gasteiger partial charge in [-0.3, -0.25) is 4.79 Å². The van der Waals surface area contributed by atoms with Crippen LogP contribution in [-0.4, -0.2) is 23.1 Å². The highest BCUT2D eigenvalue weighted by molar-refractivity contribution is 6.33. The highest BCUT2D eigenvalue weighted by atomic mass is 35.5. The van der Waals surface area contributed by atoms with Gasteiger partial charge in [0.1, 0.15) is 5.69 Å². The van der Waals surface area contributed by atoms with E-state index in [1.807, 2.05) is 0 Å². The van der Waals surface area contributed by atoms with Crippen LogP contribution in [0.3, 0.4) is 0 Å². The summed E-state index contributed by atoms with van der Waals surface area (Å²) in [6.45, 7) is -0.408. The van der Waals surface area contributed by atoms with Gasteiger partial charge in [-0.1, -0.05) is 23.7 Å². The normalized spacial score (nSPS) is 10.2. The highest BCUT2D eigenvalue weighted by Gasteiger charge is 2.14. The molecule has 6 nitrogen and oxygen atoms in total. The van der Waals surface area contributed by atoms with E-state index in [1.165, 1.54) is 10.6 Å². The Morgan fingerprint density at radius 2 is 2.10 bits per heavy atom. The Hall–Kier alpha value is -2.47. The van der Waals surface area contributed by atoms with Crippen LogP contribution >= 0.6 is 11.6 Å². The Balaban J connectivity index is 1.91. The molecule has 0 atom stereocenters. The molecule has 0 radical (unpaired) electrons. The van der Waals surface area contributed by atoms with Gasteiger partial charge < -0.3 is 20.4 Å². The topological polar surface area (TPSA) is 86.3 Å². The average Bonchev–Trinajstić information content (AvgIpc) is 2.78. The Morgan fingerprint density at radius 3 is 2.71 bits per heavy atom. The first-order valence-corrected chi connectivity index (χ1v) is 6.48. The molecule has 1 aromatic carbocycles. The number of carbonyl (C=O) groups is 2. The number of nitrogen functional groups attached to an aromatic ring is 1. The molecule has 0 fully saturated rings. The summed E-state index contributed by atoms with van der Waals surface area (Å²) in [5.41, 5.74) is 6.76. The summed E-state index contributed by atoms with van der Waals surface area (Å²) in [6.07, 6.45) is 1.58. The van der Waals surface area contributed by atoms with E-state index in [2.05, 4.69) is 5.32 Å². The SMILES string of the molecule is Cn1cc(N)cc1C(=O)OCC(=O)Nc1ccccc1Cl. The number of nitrogens with zero attached hydrogens (tertiary/aromatic N) is 1. The standard InChI is InChI=1S/C14H14ClN3O3/c1-18-7-9(16)6-12(18)14(20)21-8-13(19)17-11-5-3-2-4-10(11)15/h2-7H,8,16H2,1H3,(H,17,19). The van der Waals surface area contributed by atoms with Crippen molar-refractivity contribution < 1.29 is 14.3 Å². The Kier molecular flexibility index (Phi) is 4.49. The van der Waals surface area contributed by atoms with E-state index in [-0.39, 0.29) is 5.69 Å². The predicted octanol–water partition coefficient (Wildman–Crippen LogP) is 2.06. The lowest BCUT2D eigenvalue weighted by molar-refractivity contribution is -0.119. The molecule has 110 valence electrons. The molecule has 0 unspecified atom stereocenters. The second-order valence-corrected chi connectivity index (χ2v) is 4.78. The van der Waals surface area contributed by atoms with Gasteiger partial charge >= 0.3 is 5.97 Å². The lowest BCUT2D eigenvalue weighted by Crippen LogP contribution is -2.21. The van der Waals surface area contributed by atoms with E-state index >= 15 is 0 Å². The van der Waals surface area contributed by atoms with Gasteiger partial charge in [0.2, 0.25) is 0 Å². The minimum Gasteiger partial charge on any atom is -0.451 e. The Labute approximate surface area is 126 Å². The number of ether oxygens (including phenoxy) is 1. The van der Waals surface area contributed by atoms with E-state index in [0.717, 1.165) is 0 Å². The molecule has 2 aromatic rings. The first-order chi connectivity index (χ1) is 9.97. The van der Waals surface area contributed by atoms with Crippen molar-refractivity contribution in [3.63, 3.8) is 0 Å². The molecule has 0 aliphatic carbocycles. The average molecular weight is 308 g/mol. The summed E-state index contributed by atoms with van der Waals surface area (Å²) < 4.78 is 6.46. The molecule has 0 aliphatic heterocycles. The van der Waals surface area contributed by atoms with E-state index in [0.29, 0.717) is 16.4 Å². The predicted molar refractivity (Wildman–Crippen MR) is 80.2 cm³/mol. The number of nitrogens with one attached hydrogen (secondary N) is 1. The molecular formula is C14H14ClN3O3. The van der Waals surface area contributed by atoms with Crippen molar-refractivity contribution in [3.8, 4) is 0 Å². The maximum Gasteiger partial charge on any atom is 0.355 e. The van der Waals surface area contributed by atoms with Crippen molar-refractivity contribution in [2.24, 2.45) is 7.05 Å². The zero-order valence-electron chi connectivity index (χ0n) is 11.3. The molecule has 1 aromatic heterocycles. The van der Waals surface area contributed by atoms with Crippen LogP contribution in [0.4, 0.5) is 11.4 Å². The number of hydrogen-bond acceptors (Lipinski definition) is 4. The highest BCUT2D eigenvalue weighted by Crippen LogP contribution is 2.20. The number of anilines is 2. The van der Waals surface area contributed by atoms with Crippen LogP contribution in [0, 0.1) is 0 Å². The quantitative estimate of drug-likeness (QED) is 0.846. The van der Waals surface area contributed by atoms with Crippen molar-refractivity contribution in [2.45, 2.75) is 0 Å². The summed E-state index contributed by atoms with van der Waals surface area (Å²) in [6, 6.07) is 8.27. The second kappa shape index (κ2) is 6.32. The van der Waals surface area contributed by atoms with Gasteiger partial charge in [-0.15, -0.1) is 0 Å². The number of hydrogen-bond donors (Lipinski definition) is 2. The van der Waals surface area contributed by atoms with Crippen LogP contribution in [0.1, 0.15) is 10.5 Å². The first kappa shape index (κ1) is 14.9. The molecule has 2 rings (SSSR count). The van der Waals surface area contributed by atoms with Crippen LogP contribution < -0.4 is 11.1 Å². The number of nitrogens with two attached hydrogens (primary N) is 1. The van der Waals surface area contributed by atoms with Crippen molar-refractivity contribution in [2.75, 3.05) is 17.7 Å². The minimum absolute atomic E-state index is 0.276. The molecule has 7 heteroatoms. The zero-order valence-corrected chi connectivity index (χ0v) is 12.1. The van der Waals surface area contributed by atoms with Crippen molar-refractivity contribution in [1.82, 2.24) is 4.57 Å². The van der Waals surface area contributed by atoms with Gasteiger partial charge in [0.25, 0.3) is 5.91 Å². The molecule has 0 saturated heterocycles. The fourth-order valence-corrected chi connectivity index (χ4v) is 1.93. The Morgan fingerprint density at radius 1 is 1.38 bits per heavy atom. The van der Waals surface area contributed by atoms with Crippen molar-refractivity contribution >= 4 is 34.9 Å². The maximum absolute atomic E-state index is 11.8. The largest absolute Gasteiger partial charge is 0.451 e. The van der Waals surface area contributed by atoms with E-state index in [1.54, 1.807) is 37.5 Å². The number of halogens is 1. The molecule has 0 bridgehead atoms. The van der Waals surface area contributed by atoms with Gasteiger partial charge in [-0.25, -0.2) is 4.79 Å². The Bertz CT molecular complexity index is 682. The first-order valence-electron chi connectivity index (χ1n) is 6.10. The second-order valence-electron chi connectivity index (χ2n) is 4.37. The van der Waals surface area contributed by atoms with Gasteiger partial charge in [-0.05, 0) is 18.2 Å². The summed E-state index contributed by atoms with van der Waals surface area (Å²) in [4.78, 5) is 23.5. The summed E-state index contributed by atoms with van der Waals surface area (Å²) in [7, 11) is 1.66. The molecular weight excluding hydrogens is 294 g/mol. The van der Waals surface area contributed by atoms with E-state index in [4.69, 9.17) is 22.1 Å². The third-order valence-electron chi connectivity index (χ3n) is 2.72. The zero-order chi connectivity index (χ0) is 15.4. The summed E-state index contributed by atoms with van der Waals surface area (Å²) in [5, 5.41) is 2.97. The maximum atomic E-state index is 11.8. The number of carbonyl (C=O) groups excluding carboxylic acids is 2. The molecule has 21 heavy (non-hydrogen) atoms. The third kappa shape index (κ3) is 3.76. The molecule has 0 aliphatic rings. The van der Waals surface area contributed by atoms with Crippen LogP contribution in [0.25, 0.3) is 0 Å². The smallest absolute Gasteiger partial charge is 0.355 e. The molecule has 0 saturated carbocycles. The fraction of sp³-hybridized carbons (Fsp3) is 0.143. The summed E-state index contributed by atoms with van der Waals surface area (Å²) in [5.74, 6) is -1.10. The van der Waals surface area contributed by atoms with Gasteiger partial charge in [0, 0.05) is 13.2 Å². The molecule has 1 amide bonds. The minimum atomic E-state index is -0.622. The third-order valence-corrected chi connectivity index (χ3v) is 3.05. The number of para-hydroxylation sites is 1. The lowest BCUT2D eigenvalue weighted by Gasteiger charge is -2.08. The van der Waals surface area contributed by atoms with Gasteiger partial charge in [0.15, 0.2) is 6.61 Å².